The smallest absolute Gasteiger partial charge is 0.229 e. The van der Waals surface area contributed by atoms with Gasteiger partial charge in [0, 0.05) is 7.05 Å². The summed E-state index contributed by atoms with van der Waals surface area (Å²) >= 11 is 0. The first-order chi connectivity index (χ1) is 4.55. The van der Waals surface area contributed by atoms with Gasteiger partial charge in [0.05, 0.1) is 12.0 Å². The van der Waals surface area contributed by atoms with Crippen LogP contribution in [0.2, 0.25) is 0 Å². The maximum atomic E-state index is 11.2. The van der Waals surface area contributed by atoms with Crippen molar-refractivity contribution in [3.8, 4) is 0 Å². The molecule has 2 unspecified atom stereocenters. The topological polar surface area (TPSA) is 20.3 Å². The maximum absolute atomic E-state index is 11.2. The van der Waals surface area contributed by atoms with Crippen LogP contribution in [0.5, 0.6) is 0 Å². The van der Waals surface area contributed by atoms with Crippen molar-refractivity contribution in [2.24, 2.45) is 5.92 Å². The van der Waals surface area contributed by atoms with Crippen LogP contribution in [0.1, 0.15) is 13.8 Å². The Morgan fingerprint density at radius 3 is 2.10 bits per heavy atom. The molecule has 0 aliphatic carbocycles. The maximum Gasteiger partial charge on any atom is 0.229 e. The molecule has 0 saturated carbocycles. The van der Waals surface area contributed by atoms with Crippen LogP contribution in [0.4, 0.5) is 0 Å². The van der Waals surface area contributed by atoms with Crippen LogP contribution in [0.3, 0.4) is 0 Å². The van der Waals surface area contributed by atoms with Gasteiger partial charge >= 0.3 is 0 Å². The normalized spacial score (nSPS) is 33.7. The van der Waals surface area contributed by atoms with Gasteiger partial charge < -0.3 is 4.90 Å². The lowest BCUT2D eigenvalue weighted by Crippen LogP contribution is -2.27. The summed E-state index contributed by atoms with van der Waals surface area (Å²) in [7, 11) is 1.82. The third kappa shape index (κ3) is 0.753. The molecule has 10 heavy (non-hydrogen) atoms. The number of hydrogen-bond acceptors (Lipinski definition) is 1. The van der Waals surface area contributed by atoms with E-state index in [1.807, 2.05) is 20.9 Å². The summed E-state index contributed by atoms with van der Waals surface area (Å²) in [5.41, 5.74) is 1.03. The Morgan fingerprint density at radius 1 is 1.50 bits per heavy atom. The van der Waals surface area contributed by atoms with Crippen LogP contribution in [-0.2, 0) is 4.79 Å². The minimum absolute atomic E-state index is 0.0278. The molecule has 0 N–H and O–H groups in total. The van der Waals surface area contributed by atoms with E-state index in [1.54, 1.807) is 4.90 Å². The van der Waals surface area contributed by atoms with Crippen LogP contribution in [-0.4, -0.2) is 23.9 Å². The molecule has 1 rings (SSSR count). The summed E-state index contributed by atoms with van der Waals surface area (Å²) in [4.78, 5) is 12.9. The molecular weight excluding hydrogens is 126 g/mol. The number of likely N-dealkylation sites (tertiary alicyclic amines) is 1. The monoisotopic (exact) mass is 139 g/mol. The first-order valence-electron chi connectivity index (χ1n) is 3.51. The van der Waals surface area contributed by atoms with Gasteiger partial charge in [0.2, 0.25) is 5.91 Å². The molecule has 0 radical (unpaired) electrons. The zero-order valence-electron chi connectivity index (χ0n) is 6.72. The third-order valence-electron chi connectivity index (χ3n) is 2.39. The van der Waals surface area contributed by atoms with E-state index < -0.39 is 0 Å². The Hall–Kier alpha value is -0.790. The van der Waals surface area contributed by atoms with Crippen LogP contribution >= 0.6 is 0 Å². The molecule has 1 amide bonds. The van der Waals surface area contributed by atoms with E-state index in [2.05, 4.69) is 6.58 Å². The second-order valence-electron chi connectivity index (χ2n) is 2.92. The molecule has 2 heteroatoms. The van der Waals surface area contributed by atoms with E-state index in [0.717, 1.165) is 5.57 Å². The van der Waals surface area contributed by atoms with Crippen molar-refractivity contribution >= 4 is 5.91 Å². The van der Waals surface area contributed by atoms with Crippen LogP contribution < -0.4 is 0 Å². The average Bonchev–Trinajstić information content (AvgIpc) is 2.07. The van der Waals surface area contributed by atoms with Gasteiger partial charge in [-0.1, -0.05) is 6.58 Å². The predicted molar refractivity (Wildman–Crippen MR) is 40.5 cm³/mol. The Morgan fingerprint density at radius 2 is 2.00 bits per heavy atom. The quantitative estimate of drug-likeness (QED) is 0.459. The lowest BCUT2D eigenvalue weighted by atomic mass is 10.0. The number of amides is 1. The molecule has 0 aromatic rings. The summed E-state index contributed by atoms with van der Waals surface area (Å²) in [6, 6.07) is 0.225. The molecule has 1 fully saturated rings. The molecule has 0 aromatic carbocycles. The summed E-state index contributed by atoms with van der Waals surface area (Å²) in [5, 5.41) is 0. The summed E-state index contributed by atoms with van der Waals surface area (Å²) in [6.45, 7) is 7.77. The number of carbonyl (C=O) groups excluding carboxylic acids is 1. The summed E-state index contributed by atoms with van der Waals surface area (Å²) < 4.78 is 0. The van der Waals surface area contributed by atoms with Crippen molar-refractivity contribution in [3.05, 3.63) is 12.2 Å². The van der Waals surface area contributed by atoms with Crippen molar-refractivity contribution < 1.29 is 4.79 Å². The van der Waals surface area contributed by atoms with Gasteiger partial charge in [0.25, 0.3) is 0 Å². The van der Waals surface area contributed by atoms with Gasteiger partial charge in [-0.3, -0.25) is 4.79 Å². The molecule has 0 aromatic heterocycles. The average molecular weight is 139 g/mol. The van der Waals surface area contributed by atoms with E-state index in [0.29, 0.717) is 0 Å². The zero-order chi connectivity index (χ0) is 7.89. The lowest BCUT2D eigenvalue weighted by Gasteiger charge is -2.14. The molecule has 2 atom stereocenters. The Balaban J connectivity index is 2.89. The van der Waals surface area contributed by atoms with E-state index in [4.69, 9.17) is 0 Å². The molecule has 1 heterocycles. The van der Waals surface area contributed by atoms with E-state index >= 15 is 0 Å². The van der Waals surface area contributed by atoms with Gasteiger partial charge in [-0.15, -0.1) is 0 Å². The zero-order valence-corrected chi connectivity index (χ0v) is 6.72. The fourth-order valence-corrected chi connectivity index (χ4v) is 1.27. The van der Waals surface area contributed by atoms with E-state index in [1.165, 1.54) is 0 Å². The standard InChI is InChI=1S/C8H13NO/c1-5-6(2)8(10)9(4)7(5)3/h6-7H,1H2,2-4H3. The Labute approximate surface area is 61.5 Å². The number of nitrogens with zero attached hydrogens (tertiary/aromatic N) is 1. The Bertz CT molecular complexity index is 166. The largest absolute Gasteiger partial charge is 0.339 e. The first kappa shape index (κ1) is 7.32. The van der Waals surface area contributed by atoms with Crippen molar-refractivity contribution in [1.82, 2.24) is 4.90 Å². The molecule has 56 valence electrons. The molecule has 1 aliphatic heterocycles. The number of carbonyl (C=O) groups is 1. The molecular formula is C8H13NO. The second-order valence-corrected chi connectivity index (χ2v) is 2.92. The lowest BCUT2D eigenvalue weighted by molar-refractivity contribution is -0.130. The van der Waals surface area contributed by atoms with Crippen LogP contribution in [0, 0.1) is 5.92 Å². The Kier molecular flexibility index (Phi) is 1.55. The van der Waals surface area contributed by atoms with Crippen LogP contribution in [0.15, 0.2) is 12.2 Å². The highest BCUT2D eigenvalue weighted by molar-refractivity contribution is 5.85. The van der Waals surface area contributed by atoms with E-state index in [-0.39, 0.29) is 17.9 Å². The molecule has 2 nitrogen and oxygen atoms in total. The van der Waals surface area contributed by atoms with Gasteiger partial charge in [-0.05, 0) is 19.4 Å². The first-order valence-corrected chi connectivity index (χ1v) is 3.51. The third-order valence-corrected chi connectivity index (χ3v) is 2.39. The summed E-state index contributed by atoms with van der Waals surface area (Å²) in [6.07, 6.45) is 0. The molecule has 1 aliphatic rings. The minimum atomic E-state index is 0.0278. The van der Waals surface area contributed by atoms with E-state index in [9.17, 15) is 4.79 Å². The van der Waals surface area contributed by atoms with Gasteiger partial charge in [-0.25, -0.2) is 0 Å². The molecule has 0 bridgehead atoms. The summed E-state index contributed by atoms with van der Waals surface area (Å²) in [5.74, 6) is 0.220. The fourth-order valence-electron chi connectivity index (χ4n) is 1.27. The predicted octanol–water partition coefficient (Wildman–Crippen LogP) is 1.04. The molecule has 1 saturated heterocycles. The van der Waals surface area contributed by atoms with Gasteiger partial charge in [-0.2, -0.15) is 0 Å². The highest BCUT2D eigenvalue weighted by atomic mass is 16.2. The highest BCUT2D eigenvalue weighted by Gasteiger charge is 2.34. The second kappa shape index (κ2) is 2.11. The molecule has 0 spiro atoms. The van der Waals surface area contributed by atoms with Crippen molar-refractivity contribution in [2.75, 3.05) is 7.05 Å². The SMILES string of the molecule is C=C1C(C)C(=O)N(C)C1C. The minimum Gasteiger partial charge on any atom is -0.339 e. The van der Waals surface area contributed by atoms with Crippen molar-refractivity contribution in [2.45, 2.75) is 19.9 Å². The van der Waals surface area contributed by atoms with Crippen LogP contribution in [0.25, 0.3) is 0 Å². The van der Waals surface area contributed by atoms with Crippen molar-refractivity contribution in [3.63, 3.8) is 0 Å². The highest BCUT2D eigenvalue weighted by Crippen LogP contribution is 2.26. The number of hydrogen-bond donors (Lipinski definition) is 0. The van der Waals surface area contributed by atoms with Crippen molar-refractivity contribution in [1.29, 1.82) is 0 Å². The number of likely N-dealkylation sites (N-methyl/N-ethyl adjacent to an activating group) is 1. The fraction of sp³-hybridized carbons (Fsp3) is 0.625. The van der Waals surface area contributed by atoms with Gasteiger partial charge in [0.15, 0.2) is 0 Å². The van der Waals surface area contributed by atoms with Gasteiger partial charge in [0.1, 0.15) is 0 Å². The number of rotatable bonds is 0.